The van der Waals surface area contributed by atoms with E-state index in [4.69, 9.17) is 5.73 Å². The molecule has 3 N–H and O–H groups in total. The molecule has 2 aromatic rings. The second-order valence-corrected chi connectivity index (χ2v) is 5.86. The number of hydrogen-bond acceptors (Lipinski definition) is 2. The largest absolute Gasteiger partial charge is 0.325 e. The first-order valence-corrected chi connectivity index (χ1v) is 7.25. The Kier molecular flexibility index (Phi) is 3.30. The van der Waals surface area contributed by atoms with Crippen LogP contribution < -0.4 is 11.1 Å². The van der Waals surface area contributed by atoms with E-state index in [0.717, 1.165) is 33.5 Å². The van der Waals surface area contributed by atoms with Gasteiger partial charge in [-0.1, -0.05) is 42.0 Å². The highest BCUT2D eigenvalue weighted by molar-refractivity contribution is 6.03. The molecular weight excluding hydrogens is 260 g/mol. The maximum Gasteiger partial charge on any atom is 0.231 e. The van der Waals surface area contributed by atoms with Crippen LogP contribution in [0.1, 0.15) is 46.7 Å². The fraction of sp³-hybridized carbons (Fsp3) is 0.278. The molecular formula is C18H20N2O. The Balaban J connectivity index is 2.14. The molecule has 0 fully saturated rings. The number of aryl methyl sites for hydroxylation is 2. The number of fused-ring (bicyclic) bond motifs is 1. The van der Waals surface area contributed by atoms with Crippen LogP contribution in [0.3, 0.4) is 0 Å². The average molecular weight is 280 g/mol. The van der Waals surface area contributed by atoms with Crippen molar-refractivity contribution in [2.45, 2.75) is 32.7 Å². The van der Waals surface area contributed by atoms with Gasteiger partial charge >= 0.3 is 0 Å². The number of hydrogen-bond donors (Lipinski definition) is 2. The monoisotopic (exact) mass is 280 g/mol. The molecule has 1 heterocycles. The Hall–Kier alpha value is -2.13. The van der Waals surface area contributed by atoms with Crippen molar-refractivity contribution >= 4 is 11.6 Å². The van der Waals surface area contributed by atoms with E-state index in [1.54, 1.807) is 0 Å². The summed E-state index contributed by atoms with van der Waals surface area (Å²) in [5.74, 6) is -0.0587. The second-order valence-electron chi connectivity index (χ2n) is 5.86. The molecule has 1 amide bonds. The Morgan fingerprint density at radius 2 is 1.86 bits per heavy atom. The van der Waals surface area contributed by atoms with E-state index in [9.17, 15) is 4.79 Å². The fourth-order valence-electron chi connectivity index (χ4n) is 3.05. The average Bonchev–Trinajstić information content (AvgIpc) is 2.74. The molecule has 21 heavy (non-hydrogen) atoms. The molecule has 1 aliphatic heterocycles. The summed E-state index contributed by atoms with van der Waals surface area (Å²) in [6.45, 7) is 6.04. The quantitative estimate of drug-likeness (QED) is 0.885. The zero-order valence-electron chi connectivity index (χ0n) is 12.6. The second kappa shape index (κ2) is 5.01. The van der Waals surface area contributed by atoms with Gasteiger partial charge in [-0.05, 0) is 43.0 Å². The predicted molar refractivity (Wildman–Crippen MR) is 85.4 cm³/mol. The van der Waals surface area contributed by atoms with Crippen molar-refractivity contribution in [1.29, 1.82) is 0 Å². The zero-order valence-corrected chi connectivity index (χ0v) is 12.6. The van der Waals surface area contributed by atoms with Crippen LogP contribution in [0.4, 0.5) is 5.69 Å². The number of anilines is 1. The molecule has 0 radical (unpaired) electrons. The summed E-state index contributed by atoms with van der Waals surface area (Å²) >= 11 is 0. The van der Waals surface area contributed by atoms with E-state index >= 15 is 0 Å². The van der Waals surface area contributed by atoms with E-state index in [-0.39, 0.29) is 17.9 Å². The van der Waals surface area contributed by atoms with Crippen LogP contribution in [0.25, 0.3) is 0 Å². The van der Waals surface area contributed by atoms with Crippen molar-refractivity contribution in [3.05, 3.63) is 64.2 Å². The standard InChI is InChI=1S/C18H20N2O/c1-10-8-14-12(3)18(21)20-17(14)15(9-10)16(19)13-7-5-4-6-11(13)2/h4-9,12,16H,19H2,1-3H3,(H,20,21). The molecule has 2 unspecified atom stereocenters. The maximum absolute atomic E-state index is 12.0. The lowest BCUT2D eigenvalue weighted by Crippen LogP contribution is -2.16. The van der Waals surface area contributed by atoms with Gasteiger partial charge in [0.1, 0.15) is 0 Å². The number of rotatable bonds is 2. The number of carbonyl (C=O) groups is 1. The van der Waals surface area contributed by atoms with E-state index in [1.807, 2.05) is 26.0 Å². The highest BCUT2D eigenvalue weighted by Gasteiger charge is 2.30. The van der Waals surface area contributed by atoms with Gasteiger partial charge in [0, 0.05) is 5.69 Å². The summed E-state index contributed by atoms with van der Waals surface area (Å²) in [5, 5.41) is 2.99. The number of amides is 1. The lowest BCUT2D eigenvalue weighted by molar-refractivity contribution is -0.116. The lowest BCUT2D eigenvalue weighted by Gasteiger charge is -2.19. The summed E-state index contributed by atoms with van der Waals surface area (Å²) < 4.78 is 0. The van der Waals surface area contributed by atoms with E-state index in [2.05, 4.69) is 36.5 Å². The van der Waals surface area contributed by atoms with E-state index in [0.29, 0.717) is 0 Å². The van der Waals surface area contributed by atoms with Crippen LogP contribution in [0.2, 0.25) is 0 Å². The molecule has 108 valence electrons. The highest BCUT2D eigenvalue weighted by atomic mass is 16.2. The molecule has 1 aliphatic rings. The molecule has 0 aromatic heterocycles. The van der Waals surface area contributed by atoms with E-state index < -0.39 is 0 Å². The van der Waals surface area contributed by atoms with Crippen LogP contribution in [0, 0.1) is 13.8 Å². The minimum atomic E-state index is -0.231. The number of nitrogens with one attached hydrogen (secondary N) is 1. The van der Waals surface area contributed by atoms with Gasteiger partial charge < -0.3 is 11.1 Å². The molecule has 3 heteroatoms. The van der Waals surface area contributed by atoms with Gasteiger partial charge in [-0.2, -0.15) is 0 Å². The van der Waals surface area contributed by atoms with Gasteiger partial charge in [-0.3, -0.25) is 4.79 Å². The Labute approximate surface area is 125 Å². The van der Waals surface area contributed by atoms with Crippen molar-refractivity contribution in [3.8, 4) is 0 Å². The molecule has 2 atom stereocenters. The molecule has 0 saturated heterocycles. The van der Waals surface area contributed by atoms with Gasteiger partial charge in [0.05, 0.1) is 12.0 Å². The maximum atomic E-state index is 12.0. The minimum absolute atomic E-state index is 0.0498. The molecule has 3 rings (SSSR count). The van der Waals surface area contributed by atoms with Crippen LogP contribution in [-0.2, 0) is 4.79 Å². The molecule has 0 bridgehead atoms. The zero-order chi connectivity index (χ0) is 15.1. The molecule has 0 spiro atoms. The molecule has 0 aliphatic carbocycles. The fourth-order valence-corrected chi connectivity index (χ4v) is 3.05. The Morgan fingerprint density at radius 1 is 1.14 bits per heavy atom. The Bertz CT molecular complexity index is 721. The topological polar surface area (TPSA) is 55.1 Å². The highest BCUT2D eigenvalue weighted by Crippen LogP contribution is 2.39. The molecule has 3 nitrogen and oxygen atoms in total. The summed E-state index contributed by atoms with van der Waals surface area (Å²) in [4.78, 5) is 12.0. The predicted octanol–water partition coefficient (Wildman–Crippen LogP) is 3.41. The molecule has 2 aromatic carbocycles. The third-order valence-corrected chi connectivity index (χ3v) is 4.31. The van der Waals surface area contributed by atoms with Crippen LogP contribution in [-0.4, -0.2) is 5.91 Å². The number of nitrogens with two attached hydrogens (primary N) is 1. The number of benzene rings is 2. The van der Waals surface area contributed by atoms with Crippen molar-refractivity contribution in [2.75, 3.05) is 5.32 Å². The van der Waals surface area contributed by atoms with Gasteiger partial charge in [0.25, 0.3) is 0 Å². The van der Waals surface area contributed by atoms with Crippen molar-refractivity contribution in [3.63, 3.8) is 0 Å². The van der Waals surface area contributed by atoms with Crippen molar-refractivity contribution in [2.24, 2.45) is 5.73 Å². The van der Waals surface area contributed by atoms with Crippen LogP contribution in [0.15, 0.2) is 36.4 Å². The van der Waals surface area contributed by atoms with Crippen molar-refractivity contribution in [1.82, 2.24) is 0 Å². The SMILES string of the molecule is Cc1cc2c(c(C(N)c3ccccc3C)c1)NC(=O)C2C. The van der Waals surface area contributed by atoms with Gasteiger partial charge in [-0.15, -0.1) is 0 Å². The lowest BCUT2D eigenvalue weighted by atomic mass is 9.90. The van der Waals surface area contributed by atoms with Gasteiger partial charge in [-0.25, -0.2) is 0 Å². The van der Waals surface area contributed by atoms with Gasteiger partial charge in [0.15, 0.2) is 0 Å². The minimum Gasteiger partial charge on any atom is -0.325 e. The van der Waals surface area contributed by atoms with Crippen LogP contribution >= 0.6 is 0 Å². The first-order chi connectivity index (χ1) is 9.99. The van der Waals surface area contributed by atoms with Gasteiger partial charge in [0.2, 0.25) is 5.91 Å². The van der Waals surface area contributed by atoms with E-state index in [1.165, 1.54) is 0 Å². The number of carbonyl (C=O) groups excluding carboxylic acids is 1. The van der Waals surface area contributed by atoms with Crippen molar-refractivity contribution < 1.29 is 4.79 Å². The third kappa shape index (κ3) is 2.24. The summed E-state index contributed by atoms with van der Waals surface area (Å²) in [6, 6.07) is 12.0. The summed E-state index contributed by atoms with van der Waals surface area (Å²) in [6.07, 6.45) is 0. The summed E-state index contributed by atoms with van der Waals surface area (Å²) in [5.41, 5.74) is 12.8. The smallest absolute Gasteiger partial charge is 0.231 e. The molecule has 0 saturated carbocycles. The summed E-state index contributed by atoms with van der Waals surface area (Å²) in [7, 11) is 0. The first kappa shape index (κ1) is 13.8. The third-order valence-electron chi connectivity index (χ3n) is 4.31. The first-order valence-electron chi connectivity index (χ1n) is 7.25. The normalized spacial score (nSPS) is 18.3. The Morgan fingerprint density at radius 3 is 2.57 bits per heavy atom. The van der Waals surface area contributed by atoms with Crippen LogP contribution in [0.5, 0.6) is 0 Å².